The van der Waals surface area contributed by atoms with E-state index in [-0.39, 0.29) is 0 Å². The number of halogens is 2. The van der Waals surface area contributed by atoms with Gasteiger partial charge in [0.05, 0.1) is 0 Å². The van der Waals surface area contributed by atoms with Crippen LogP contribution in [0.1, 0.15) is 56.9 Å². The molecule has 0 unspecified atom stereocenters. The zero-order valence-electron chi connectivity index (χ0n) is 13.7. The first-order chi connectivity index (χ1) is 11.2. The van der Waals surface area contributed by atoms with E-state index in [0.717, 1.165) is 17.0 Å². The third-order valence-corrected chi connectivity index (χ3v) is 5.18. The summed E-state index contributed by atoms with van der Waals surface area (Å²) in [6.45, 7) is 2.27. The second-order valence-electron chi connectivity index (χ2n) is 6.76. The highest BCUT2D eigenvalue weighted by Crippen LogP contribution is 2.38. The van der Waals surface area contributed by atoms with Gasteiger partial charge in [0, 0.05) is 0 Å². The van der Waals surface area contributed by atoms with Crippen molar-refractivity contribution < 1.29 is 8.78 Å². The van der Waals surface area contributed by atoms with E-state index in [2.05, 4.69) is 19.1 Å². The van der Waals surface area contributed by atoms with Gasteiger partial charge in [-0.1, -0.05) is 50.1 Å². The topological polar surface area (TPSA) is 0 Å². The van der Waals surface area contributed by atoms with Gasteiger partial charge in [-0.05, 0) is 66.3 Å². The lowest BCUT2D eigenvalue weighted by Gasteiger charge is -2.28. The van der Waals surface area contributed by atoms with E-state index in [1.54, 1.807) is 6.07 Å². The van der Waals surface area contributed by atoms with Crippen molar-refractivity contribution in [1.29, 1.82) is 0 Å². The summed E-state index contributed by atoms with van der Waals surface area (Å²) in [6, 6.07) is 12.4. The Labute approximate surface area is 137 Å². The molecular weight excluding hydrogens is 290 g/mol. The third-order valence-electron chi connectivity index (χ3n) is 5.18. The first-order valence-electron chi connectivity index (χ1n) is 8.72. The molecule has 0 radical (unpaired) electrons. The van der Waals surface area contributed by atoms with Gasteiger partial charge in [0.2, 0.25) is 0 Å². The van der Waals surface area contributed by atoms with Crippen LogP contribution in [-0.4, -0.2) is 0 Å². The van der Waals surface area contributed by atoms with Crippen molar-refractivity contribution in [2.24, 2.45) is 5.92 Å². The molecule has 0 nitrogen and oxygen atoms in total. The molecule has 0 heterocycles. The average Bonchev–Trinajstić information content (AvgIpc) is 2.59. The van der Waals surface area contributed by atoms with Crippen LogP contribution in [0.25, 0.3) is 11.1 Å². The number of benzene rings is 2. The minimum absolute atomic E-state index is 0.655. The summed E-state index contributed by atoms with van der Waals surface area (Å²) < 4.78 is 26.4. The Bertz CT molecular complexity index is 637. The van der Waals surface area contributed by atoms with Gasteiger partial charge in [0.1, 0.15) is 0 Å². The SMILES string of the molecule is CCCC1CCC(c2ccc(-c3ccc(F)c(F)c3)cc2)CC1. The van der Waals surface area contributed by atoms with E-state index in [1.165, 1.54) is 56.2 Å². The Morgan fingerprint density at radius 2 is 1.48 bits per heavy atom. The smallest absolute Gasteiger partial charge is 0.159 e. The quantitative estimate of drug-likeness (QED) is 0.588. The van der Waals surface area contributed by atoms with Crippen LogP contribution in [0.3, 0.4) is 0 Å². The fraction of sp³-hybridized carbons (Fsp3) is 0.429. The predicted octanol–water partition coefficient (Wildman–Crippen LogP) is 6.71. The lowest BCUT2D eigenvalue weighted by molar-refractivity contribution is 0.308. The molecule has 23 heavy (non-hydrogen) atoms. The molecule has 3 rings (SSSR count). The summed E-state index contributed by atoms with van der Waals surface area (Å²) in [4.78, 5) is 0. The monoisotopic (exact) mass is 314 g/mol. The average molecular weight is 314 g/mol. The van der Waals surface area contributed by atoms with Crippen molar-refractivity contribution in [1.82, 2.24) is 0 Å². The van der Waals surface area contributed by atoms with Gasteiger partial charge >= 0.3 is 0 Å². The van der Waals surface area contributed by atoms with Crippen molar-refractivity contribution in [2.75, 3.05) is 0 Å². The molecule has 0 bridgehead atoms. The second-order valence-corrected chi connectivity index (χ2v) is 6.76. The van der Waals surface area contributed by atoms with Crippen LogP contribution in [0.5, 0.6) is 0 Å². The molecule has 0 saturated heterocycles. The maximum atomic E-state index is 13.4. The van der Waals surface area contributed by atoms with Gasteiger partial charge in [-0.25, -0.2) is 8.78 Å². The van der Waals surface area contributed by atoms with Crippen molar-refractivity contribution in [3.63, 3.8) is 0 Å². The number of rotatable bonds is 4. The Kier molecular flexibility index (Phi) is 5.09. The maximum absolute atomic E-state index is 13.4. The van der Waals surface area contributed by atoms with Crippen LogP contribution >= 0.6 is 0 Å². The van der Waals surface area contributed by atoms with Crippen LogP contribution in [0.15, 0.2) is 42.5 Å². The molecule has 1 aliphatic carbocycles. The van der Waals surface area contributed by atoms with E-state index < -0.39 is 11.6 Å². The molecule has 0 aromatic heterocycles. The van der Waals surface area contributed by atoms with Gasteiger partial charge in [-0.15, -0.1) is 0 Å². The normalized spacial score (nSPS) is 21.3. The van der Waals surface area contributed by atoms with Crippen LogP contribution in [0.2, 0.25) is 0 Å². The first kappa shape index (κ1) is 16.2. The molecule has 2 aromatic rings. The molecule has 2 aromatic carbocycles. The van der Waals surface area contributed by atoms with E-state index in [1.807, 2.05) is 12.1 Å². The van der Waals surface area contributed by atoms with Crippen LogP contribution in [0.4, 0.5) is 8.78 Å². The molecule has 0 spiro atoms. The van der Waals surface area contributed by atoms with Gasteiger partial charge in [-0.2, -0.15) is 0 Å². The molecule has 122 valence electrons. The lowest BCUT2D eigenvalue weighted by Crippen LogP contribution is -2.13. The molecule has 1 fully saturated rings. The van der Waals surface area contributed by atoms with Crippen molar-refractivity contribution in [3.05, 3.63) is 59.7 Å². The van der Waals surface area contributed by atoms with E-state index in [0.29, 0.717) is 5.92 Å². The van der Waals surface area contributed by atoms with Gasteiger partial charge in [-0.3, -0.25) is 0 Å². The van der Waals surface area contributed by atoms with Crippen molar-refractivity contribution in [2.45, 2.75) is 51.4 Å². The van der Waals surface area contributed by atoms with Gasteiger partial charge < -0.3 is 0 Å². The minimum atomic E-state index is -0.797. The Morgan fingerprint density at radius 3 is 2.09 bits per heavy atom. The highest BCUT2D eigenvalue weighted by atomic mass is 19.2. The van der Waals surface area contributed by atoms with E-state index >= 15 is 0 Å². The summed E-state index contributed by atoms with van der Waals surface area (Å²) in [5.41, 5.74) is 3.04. The molecule has 2 heteroatoms. The fourth-order valence-corrected chi connectivity index (χ4v) is 3.82. The Morgan fingerprint density at radius 1 is 0.826 bits per heavy atom. The van der Waals surface area contributed by atoms with Crippen LogP contribution < -0.4 is 0 Å². The largest absolute Gasteiger partial charge is 0.204 e. The molecule has 1 aliphatic rings. The van der Waals surface area contributed by atoms with Crippen molar-refractivity contribution >= 4 is 0 Å². The summed E-state index contributed by atoms with van der Waals surface area (Å²) in [7, 11) is 0. The van der Waals surface area contributed by atoms with Gasteiger partial charge in [0.15, 0.2) is 11.6 Å². The number of hydrogen-bond donors (Lipinski definition) is 0. The Balaban J connectivity index is 1.69. The fourth-order valence-electron chi connectivity index (χ4n) is 3.82. The van der Waals surface area contributed by atoms with E-state index in [9.17, 15) is 8.78 Å². The predicted molar refractivity (Wildman–Crippen MR) is 91.4 cm³/mol. The standard InChI is InChI=1S/C21H24F2/c1-2-3-15-4-6-16(7-5-15)17-8-10-18(11-9-17)19-12-13-20(22)21(23)14-19/h8-16H,2-7H2,1H3. The maximum Gasteiger partial charge on any atom is 0.159 e. The lowest BCUT2D eigenvalue weighted by atomic mass is 9.77. The summed E-state index contributed by atoms with van der Waals surface area (Å²) >= 11 is 0. The van der Waals surface area contributed by atoms with Crippen molar-refractivity contribution in [3.8, 4) is 11.1 Å². The molecule has 0 N–H and O–H groups in total. The first-order valence-corrected chi connectivity index (χ1v) is 8.72. The summed E-state index contributed by atoms with van der Waals surface area (Å²) in [6.07, 6.45) is 7.87. The molecule has 0 aliphatic heterocycles. The zero-order chi connectivity index (χ0) is 16.2. The van der Waals surface area contributed by atoms with Crippen LogP contribution in [-0.2, 0) is 0 Å². The molecular formula is C21H24F2. The minimum Gasteiger partial charge on any atom is -0.204 e. The highest BCUT2D eigenvalue weighted by molar-refractivity contribution is 5.63. The molecule has 0 atom stereocenters. The summed E-state index contributed by atoms with van der Waals surface area (Å²) in [5.74, 6) is -0.0187. The number of hydrogen-bond acceptors (Lipinski definition) is 0. The second kappa shape index (κ2) is 7.25. The zero-order valence-corrected chi connectivity index (χ0v) is 13.7. The van der Waals surface area contributed by atoms with Crippen LogP contribution in [0, 0.1) is 17.6 Å². The Hall–Kier alpha value is -1.70. The summed E-state index contributed by atoms with van der Waals surface area (Å²) in [5, 5.41) is 0. The molecule has 1 saturated carbocycles. The van der Waals surface area contributed by atoms with E-state index in [4.69, 9.17) is 0 Å². The van der Waals surface area contributed by atoms with Gasteiger partial charge in [0.25, 0.3) is 0 Å². The highest BCUT2D eigenvalue weighted by Gasteiger charge is 2.21. The molecule has 0 amide bonds. The third kappa shape index (κ3) is 3.80.